The van der Waals surface area contributed by atoms with E-state index < -0.39 is 0 Å². The van der Waals surface area contributed by atoms with Crippen LogP contribution in [0.5, 0.6) is 0 Å². The van der Waals surface area contributed by atoms with Crippen LogP contribution in [0.15, 0.2) is 30.3 Å². The molecule has 1 atom stereocenters. The number of rotatable bonds is 1. The molecule has 1 N–H and O–H groups in total. The predicted molar refractivity (Wildman–Crippen MR) is 59.3 cm³/mol. The average Bonchev–Trinajstić information content (AvgIpc) is 2.44. The predicted octanol–water partition coefficient (Wildman–Crippen LogP) is 1.65. The number of hydrogen-bond acceptors (Lipinski definition) is 2. The Morgan fingerprint density at radius 3 is 2.86 bits per heavy atom. The van der Waals surface area contributed by atoms with E-state index in [1.54, 1.807) is 0 Å². The minimum Gasteiger partial charge on any atom is -0.309 e. The molecule has 1 aliphatic rings. The van der Waals surface area contributed by atoms with Crippen LogP contribution in [-0.4, -0.2) is 31.6 Å². The minimum absolute atomic E-state index is 0.503. The second-order valence-electron chi connectivity index (χ2n) is 4.03. The van der Waals surface area contributed by atoms with E-state index in [-0.39, 0.29) is 0 Å². The lowest BCUT2D eigenvalue weighted by atomic mass is 10.1. The van der Waals surface area contributed by atoms with Crippen molar-refractivity contribution in [3.8, 4) is 0 Å². The van der Waals surface area contributed by atoms with Gasteiger partial charge in [0, 0.05) is 12.6 Å². The summed E-state index contributed by atoms with van der Waals surface area (Å²) < 4.78 is 0. The van der Waals surface area contributed by atoms with Crippen LogP contribution in [0.1, 0.15) is 18.0 Å². The van der Waals surface area contributed by atoms with Crippen molar-refractivity contribution >= 4 is 0 Å². The standard InChI is InChI=1S/C12H18N2/c1-14-9-5-8-13-12(10-14)11-6-3-2-4-7-11/h2-4,6-7,12-13H,5,8-10H2,1H3/t12-/m0/s1. The van der Waals surface area contributed by atoms with Gasteiger partial charge >= 0.3 is 0 Å². The molecule has 0 aliphatic carbocycles. The summed E-state index contributed by atoms with van der Waals surface area (Å²) >= 11 is 0. The van der Waals surface area contributed by atoms with Crippen molar-refractivity contribution in [3.63, 3.8) is 0 Å². The molecule has 1 aliphatic heterocycles. The summed E-state index contributed by atoms with van der Waals surface area (Å²) in [4.78, 5) is 2.40. The summed E-state index contributed by atoms with van der Waals surface area (Å²) in [5.74, 6) is 0. The Bertz CT molecular complexity index is 271. The van der Waals surface area contributed by atoms with Gasteiger partial charge in [0.2, 0.25) is 0 Å². The van der Waals surface area contributed by atoms with Gasteiger partial charge in [0.1, 0.15) is 0 Å². The van der Waals surface area contributed by atoms with Crippen LogP contribution >= 0.6 is 0 Å². The lowest BCUT2D eigenvalue weighted by molar-refractivity contribution is 0.326. The van der Waals surface area contributed by atoms with Crippen molar-refractivity contribution in [2.75, 3.05) is 26.7 Å². The van der Waals surface area contributed by atoms with Gasteiger partial charge in [-0.15, -0.1) is 0 Å². The monoisotopic (exact) mass is 190 g/mol. The van der Waals surface area contributed by atoms with Crippen LogP contribution in [0.2, 0.25) is 0 Å². The summed E-state index contributed by atoms with van der Waals surface area (Å²) in [7, 11) is 2.20. The molecular weight excluding hydrogens is 172 g/mol. The van der Waals surface area contributed by atoms with Gasteiger partial charge in [-0.3, -0.25) is 0 Å². The van der Waals surface area contributed by atoms with Crippen molar-refractivity contribution in [2.45, 2.75) is 12.5 Å². The minimum atomic E-state index is 0.503. The van der Waals surface area contributed by atoms with E-state index >= 15 is 0 Å². The largest absolute Gasteiger partial charge is 0.309 e. The second-order valence-corrected chi connectivity index (χ2v) is 4.03. The van der Waals surface area contributed by atoms with E-state index in [2.05, 4.69) is 47.6 Å². The smallest absolute Gasteiger partial charge is 0.0449 e. The van der Waals surface area contributed by atoms with Gasteiger partial charge in [-0.25, -0.2) is 0 Å². The molecule has 0 spiro atoms. The zero-order valence-electron chi connectivity index (χ0n) is 8.74. The molecule has 1 aromatic carbocycles. The van der Waals surface area contributed by atoms with Crippen molar-refractivity contribution in [3.05, 3.63) is 35.9 Å². The highest BCUT2D eigenvalue weighted by Crippen LogP contribution is 2.15. The Labute approximate surface area is 85.9 Å². The molecule has 0 unspecified atom stereocenters. The molecule has 76 valence electrons. The summed E-state index contributed by atoms with van der Waals surface area (Å²) in [6, 6.07) is 11.2. The first-order chi connectivity index (χ1) is 6.86. The van der Waals surface area contributed by atoms with Gasteiger partial charge in [-0.1, -0.05) is 30.3 Å². The molecule has 1 heterocycles. The van der Waals surface area contributed by atoms with Crippen LogP contribution in [-0.2, 0) is 0 Å². The average molecular weight is 190 g/mol. The van der Waals surface area contributed by atoms with E-state index in [0.717, 1.165) is 13.1 Å². The summed E-state index contributed by atoms with van der Waals surface area (Å²) in [6.45, 7) is 3.45. The zero-order valence-corrected chi connectivity index (χ0v) is 8.74. The maximum absolute atomic E-state index is 3.59. The quantitative estimate of drug-likeness (QED) is 0.724. The lowest BCUT2D eigenvalue weighted by Gasteiger charge is -2.20. The highest BCUT2D eigenvalue weighted by atomic mass is 15.1. The molecule has 0 radical (unpaired) electrons. The van der Waals surface area contributed by atoms with Crippen LogP contribution in [0.25, 0.3) is 0 Å². The first-order valence-electron chi connectivity index (χ1n) is 5.33. The van der Waals surface area contributed by atoms with E-state index in [4.69, 9.17) is 0 Å². The van der Waals surface area contributed by atoms with Gasteiger partial charge in [0.05, 0.1) is 0 Å². The Balaban J connectivity index is 2.09. The van der Waals surface area contributed by atoms with Crippen LogP contribution in [0, 0.1) is 0 Å². The van der Waals surface area contributed by atoms with E-state index in [1.165, 1.54) is 18.5 Å². The topological polar surface area (TPSA) is 15.3 Å². The van der Waals surface area contributed by atoms with Gasteiger partial charge < -0.3 is 10.2 Å². The van der Waals surface area contributed by atoms with Gasteiger partial charge in [0.25, 0.3) is 0 Å². The van der Waals surface area contributed by atoms with E-state index in [9.17, 15) is 0 Å². The van der Waals surface area contributed by atoms with E-state index in [1.807, 2.05) is 0 Å². The molecule has 2 rings (SSSR count). The number of benzene rings is 1. The van der Waals surface area contributed by atoms with Gasteiger partial charge in [-0.05, 0) is 32.1 Å². The van der Waals surface area contributed by atoms with Crippen molar-refractivity contribution < 1.29 is 0 Å². The Morgan fingerprint density at radius 2 is 2.07 bits per heavy atom. The van der Waals surface area contributed by atoms with Gasteiger partial charge in [-0.2, -0.15) is 0 Å². The van der Waals surface area contributed by atoms with Crippen LogP contribution < -0.4 is 5.32 Å². The molecular formula is C12H18N2. The van der Waals surface area contributed by atoms with E-state index in [0.29, 0.717) is 6.04 Å². The van der Waals surface area contributed by atoms with Crippen LogP contribution in [0.4, 0.5) is 0 Å². The highest BCUT2D eigenvalue weighted by molar-refractivity contribution is 5.19. The number of likely N-dealkylation sites (N-methyl/N-ethyl adjacent to an activating group) is 1. The lowest BCUT2D eigenvalue weighted by Crippen LogP contribution is -2.28. The van der Waals surface area contributed by atoms with Crippen molar-refractivity contribution in [1.29, 1.82) is 0 Å². The Morgan fingerprint density at radius 1 is 1.29 bits per heavy atom. The molecule has 1 fully saturated rings. The first kappa shape index (κ1) is 9.69. The molecule has 1 aromatic rings. The fourth-order valence-electron chi connectivity index (χ4n) is 2.00. The third-order valence-corrected chi connectivity index (χ3v) is 2.80. The molecule has 0 saturated carbocycles. The summed E-state index contributed by atoms with van der Waals surface area (Å²) in [6.07, 6.45) is 1.25. The third-order valence-electron chi connectivity index (χ3n) is 2.80. The molecule has 0 bridgehead atoms. The number of nitrogens with zero attached hydrogens (tertiary/aromatic N) is 1. The fraction of sp³-hybridized carbons (Fsp3) is 0.500. The zero-order chi connectivity index (χ0) is 9.80. The SMILES string of the molecule is CN1CCCN[C@H](c2ccccc2)C1. The third kappa shape index (κ3) is 2.34. The molecule has 1 saturated heterocycles. The van der Waals surface area contributed by atoms with Crippen LogP contribution in [0.3, 0.4) is 0 Å². The number of hydrogen-bond donors (Lipinski definition) is 1. The molecule has 0 aromatic heterocycles. The highest BCUT2D eigenvalue weighted by Gasteiger charge is 2.15. The normalized spacial score (nSPS) is 24.5. The summed E-state index contributed by atoms with van der Waals surface area (Å²) in [5, 5.41) is 3.59. The van der Waals surface area contributed by atoms with Crippen molar-refractivity contribution in [2.24, 2.45) is 0 Å². The molecule has 2 nitrogen and oxygen atoms in total. The maximum Gasteiger partial charge on any atom is 0.0449 e. The molecule has 2 heteroatoms. The Hall–Kier alpha value is -0.860. The Kier molecular flexibility index (Phi) is 3.17. The maximum atomic E-state index is 3.59. The molecule has 14 heavy (non-hydrogen) atoms. The fourth-order valence-corrected chi connectivity index (χ4v) is 2.00. The first-order valence-corrected chi connectivity index (χ1v) is 5.33. The number of nitrogens with one attached hydrogen (secondary N) is 1. The second kappa shape index (κ2) is 4.58. The van der Waals surface area contributed by atoms with Gasteiger partial charge in [0.15, 0.2) is 0 Å². The molecule has 0 amide bonds. The van der Waals surface area contributed by atoms with Crippen molar-refractivity contribution in [1.82, 2.24) is 10.2 Å². The summed E-state index contributed by atoms with van der Waals surface area (Å²) in [5.41, 5.74) is 1.40.